The van der Waals surface area contributed by atoms with Gasteiger partial charge in [-0.05, 0) is 54.1 Å². The van der Waals surface area contributed by atoms with Crippen LogP contribution in [-0.2, 0) is 20.2 Å². The third kappa shape index (κ3) is 4.64. The van der Waals surface area contributed by atoms with Crippen molar-refractivity contribution in [2.75, 3.05) is 0 Å². The normalized spacial score (nSPS) is 11.8. The molecule has 0 aliphatic heterocycles. The van der Waals surface area contributed by atoms with Gasteiger partial charge in [0.15, 0.2) is 0 Å². The Morgan fingerprint density at radius 1 is 0.808 bits per heavy atom. The van der Waals surface area contributed by atoms with Gasteiger partial charge in [0.2, 0.25) is 0 Å². The fraction of sp³-hybridized carbons (Fsp3) is 0.0588. The van der Waals surface area contributed by atoms with Gasteiger partial charge in [0.05, 0.1) is 4.90 Å². The molecule has 0 aliphatic rings. The van der Waals surface area contributed by atoms with E-state index in [-0.39, 0.29) is 46.5 Å². The van der Waals surface area contributed by atoms with E-state index in [9.17, 15) is 16.8 Å². The zero-order valence-corrected chi connectivity index (χ0v) is 17.7. The fourth-order valence-electron chi connectivity index (χ4n) is 2.29. The molecule has 0 aliphatic carbocycles. The van der Waals surface area contributed by atoms with Gasteiger partial charge in [0.1, 0.15) is 10.6 Å². The Kier molecular flexibility index (Phi) is 6.17. The van der Waals surface area contributed by atoms with E-state index in [0.717, 1.165) is 5.56 Å². The first kappa shape index (κ1) is 20.9. The number of hydrogen-bond acceptors (Lipinski definition) is 5. The second-order valence-corrected chi connectivity index (χ2v) is 8.46. The minimum Gasteiger partial charge on any atom is -1.00 e. The van der Waals surface area contributed by atoms with Gasteiger partial charge in [-0.1, -0.05) is 29.8 Å². The summed E-state index contributed by atoms with van der Waals surface area (Å²) in [7, 11) is -8.27. The van der Waals surface area contributed by atoms with E-state index in [1.54, 1.807) is 12.1 Å². The van der Waals surface area contributed by atoms with E-state index in [0.29, 0.717) is 10.8 Å². The van der Waals surface area contributed by atoms with Crippen LogP contribution >= 0.6 is 0 Å². The van der Waals surface area contributed by atoms with Crippen LogP contribution in [0.1, 0.15) is 6.99 Å². The van der Waals surface area contributed by atoms with Gasteiger partial charge in [0, 0.05) is 0 Å². The molecule has 132 valence electrons. The first-order valence-corrected chi connectivity index (χ1v) is 10.0. The Hall–Kier alpha value is -1.42. The molecule has 0 radical (unpaired) electrons. The molecular formula is C17H15NaO6S2. The Morgan fingerprint density at radius 3 is 1.96 bits per heavy atom. The first-order chi connectivity index (χ1) is 11.6. The Morgan fingerprint density at radius 2 is 1.35 bits per heavy atom. The number of hydrogen-bond donors (Lipinski definition) is 1. The van der Waals surface area contributed by atoms with Crippen LogP contribution in [0.25, 0.3) is 10.8 Å². The third-order valence-corrected chi connectivity index (χ3v) is 5.71. The molecule has 9 heteroatoms. The number of benzene rings is 3. The minimum atomic E-state index is -4.30. The average Bonchev–Trinajstić information content (AvgIpc) is 2.53. The van der Waals surface area contributed by atoms with Crippen LogP contribution in [0.3, 0.4) is 0 Å². The van der Waals surface area contributed by atoms with Crippen molar-refractivity contribution < 1.29 is 56.6 Å². The van der Waals surface area contributed by atoms with E-state index in [4.69, 9.17) is 8.74 Å². The number of aryl methyl sites for hydroxylation is 1. The molecule has 0 aromatic heterocycles. The summed E-state index contributed by atoms with van der Waals surface area (Å²) in [6.07, 6.45) is 0. The zero-order chi connectivity index (χ0) is 18.2. The topological polar surface area (TPSA) is 97.7 Å². The van der Waals surface area contributed by atoms with Gasteiger partial charge >= 0.3 is 39.7 Å². The monoisotopic (exact) mass is 402 g/mol. The summed E-state index contributed by atoms with van der Waals surface area (Å²) >= 11 is 0. The molecule has 0 amide bonds. The molecule has 0 unspecified atom stereocenters. The smallest absolute Gasteiger partial charge is 1.00 e. The van der Waals surface area contributed by atoms with Gasteiger partial charge in [-0.25, -0.2) is 0 Å². The van der Waals surface area contributed by atoms with Crippen molar-refractivity contribution in [3.05, 3.63) is 66.2 Å². The molecule has 3 rings (SSSR count). The SMILES string of the molecule is Cc1ccc(S(=O)(=O)Oc2ccc3cc(S(=O)(=O)O)ccc3c2)cc1.[H-].[Na+]. The Bertz CT molecular complexity index is 1160. The van der Waals surface area contributed by atoms with Gasteiger partial charge in [-0.2, -0.15) is 16.8 Å². The van der Waals surface area contributed by atoms with E-state index < -0.39 is 20.2 Å². The maximum absolute atomic E-state index is 12.3. The zero-order valence-electron chi connectivity index (χ0n) is 15.1. The molecule has 0 saturated heterocycles. The van der Waals surface area contributed by atoms with Crippen LogP contribution in [0.2, 0.25) is 0 Å². The molecule has 26 heavy (non-hydrogen) atoms. The quantitative estimate of drug-likeness (QED) is 0.382. The molecule has 0 fully saturated rings. The van der Waals surface area contributed by atoms with E-state index >= 15 is 0 Å². The van der Waals surface area contributed by atoms with Crippen molar-refractivity contribution in [1.29, 1.82) is 0 Å². The third-order valence-electron chi connectivity index (χ3n) is 3.60. The average molecular weight is 402 g/mol. The van der Waals surface area contributed by atoms with Gasteiger partial charge in [-0.3, -0.25) is 4.55 Å². The molecule has 3 aromatic carbocycles. The maximum atomic E-state index is 12.3. The van der Waals surface area contributed by atoms with Gasteiger partial charge in [-0.15, -0.1) is 0 Å². The number of rotatable bonds is 4. The van der Waals surface area contributed by atoms with Crippen LogP contribution in [0.15, 0.2) is 70.5 Å². The van der Waals surface area contributed by atoms with Crippen LogP contribution in [0.5, 0.6) is 5.75 Å². The summed E-state index contributed by atoms with van der Waals surface area (Å²) < 4.78 is 61.1. The number of fused-ring (bicyclic) bond motifs is 1. The summed E-state index contributed by atoms with van der Waals surface area (Å²) in [5.41, 5.74) is 0.930. The predicted molar refractivity (Wildman–Crippen MR) is 93.9 cm³/mol. The fourth-order valence-corrected chi connectivity index (χ4v) is 3.73. The molecule has 0 saturated carbocycles. The van der Waals surface area contributed by atoms with E-state index in [2.05, 4.69) is 0 Å². The standard InChI is InChI=1S/C17H14O6S2.Na.H/c1-12-2-7-16(8-3-12)25(21,22)23-15-6-4-14-11-17(24(18,19)20)9-5-13(14)10-15;;/h2-11H,1H3,(H,18,19,20);;/q;+1;-1. The maximum Gasteiger partial charge on any atom is 1.00 e. The van der Waals surface area contributed by atoms with Crippen molar-refractivity contribution >= 4 is 31.0 Å². The summed E-state index contributed by atoms with van der Waals surface area (Å²) in [6, 6.07) is 14.7. The molecule has 0 heterocycles. The second-order valence-electron chi connectivity index (χ2n) is 5.50. The molecule has 6 nitrogen and oxygen atoms in total. The van der Waals surface area contributed by atoms with Crippen molar-refractivity contribution in [3.8, 4) is 5.75 Å². The van der Waals surface area contributed by atoms with Crippen molar-refractivity contribution in [2.24, 2.45) is 0 Å². The summed E-state index contributed by atoms with van der Waals surface area (Å²) in [5.74, 6) is 0.104. The van der Waals surface area contributed by atoms with Crippen molar-refractivity contribution in [1.82, 2.24) is 0 Å². The summed E-state index contributed by atoms with van der Waals surface area (Å²) in [5, 5.41) is 1.10. The van der Waals surface area contributed by atoms with Crippen molar-refractivity contribution in [3.63, 3.8) is 0 Å². The summed E-state index contributed by atoms with van der Waals surface area (Å²) in [4.78, 5) is -0.194. The molecular weight excluding hydrogens is 387 g/mol. The van der Waals surface area contributed by atoms with E-state index in [1.165, 1.54) is 48.5 Å². The second kappa shape index (κ2) is 7.67. The molecule has 0 atom stereocenters. The predicted octanol–water partition coefficient (Wildman–Crippen LogP) is 0.279. The summed E-state index contributed by atoms with van der Waals surface area (Å²) in [6.45, 7) is 1.85. The van der Waals surface area contributed by atoms with Crippen LogP contribution < -0.4 is 33.7 Å². The van der Waals surface area contributed by atoms with E-state index in [1.807, 2.05) is 6.92 Å². The first-order valence-electron chi connectivity index (χ1n) is 7.18. The largest absolute Gasteiger partial charge is 1.00 e. The van der Waals surface area contributed by atoms with Crippen LogP contribution in [0, 0.1) is 6.92 Å². The van der Waals surface area contributed by atoms with Crippen LogP contribution in [-0.4, -0.2) is 21.4 Å². The van der Waals surface area contributed by atoms with Gasteiger partial charge in [0.25, 0.3) is 10.1 Å². The Balaban J connectivity index is 0.00000182. The molecule has 0 spiro atoms. The molecule has 3 aromatic rings. The van der Waals surface area contributed by atoms with Crippen molar-refractivity contribution in [2.45, 2.75) is 16.7 Å². The van der Waals surface area contributed by atoms with Crippen LogP contribution in [0.4, 0.5) is 0 Å². The molecule has 1 N–H and O–H groups in total. The van der Waals surface area contributed by atoms with Gasteiger partial charge < -0.3 is 5.61 Å². The Labute approximate surface area is 175 Å². The molecule has 0 bridgehead atoms. The minimum absolute atomic E-state index is 0.